The number of amides is 4. The summed E-state index contributed by atoms with van der Waals surface area (Å²) in [5.41, 5.74) is 3.70. The third-order valence-electron chi connectivity index (χ3n) is 6.18. The van der Waals surface area contributed by atoms with Crippen LogP contribution in [0.1, 0.15) is 11.1 Å². The molecule has 4 rings (SSSR count). The van der Waals surface area contributed by atoms with Crippen molar-refractivity contribution in [1.82, 2.24) is 5.32 Å². The van der Waals surface area contributed by atoms with Gasteiger partial charge in [-0.15, -0.1) is 0 Å². The number of nitrogens with one attached hydrogen (secondary N) is 2. The molecule has 4 amide bonds. The first kappa shape index (κ1) is 27.9. The summed E-state index contributed by atoms with van der Waals surface area (Å²) in [6.45, 7) is 1.63. The summed E-state index contributed by atoms with van der Waals surface area (Å²) >= 11 is 0. The third kappa shape index (κ3) is 7.70. The van der Waals surface area contributed by atoms with Crippen molar-refractivity contribution in [1.29, 1.82) is 0 Å². The van der Waals surface area contributed by atoms with Crippen LogP contribution in [0.2, 0.25) is 0 Å². The van der Waals surface area contributed by atoms with Crippen molar-refractivity contribution in [2.24, 2.45) is 0 Å². The molecule has 0 aliphatic rings. The van der Waals surface area contributed by atoms with Gasteiger partial charge in [-0.1, -0.05) is 72.8 Å². The van der Waals surface area contributed by atoms with Gasteiger partial charge in [0.1, 0.15) is 18.9 Å². The number of nitrogens with zero attached hydrogens (tertiary/aromatic N) is 2. The number of hydrogen-bond donors (Lipinski definition) is 2. The van der Waals surface area contributed by atoms with Gasteiger partial charge in [0, 0.05) is 18.4 Å². The lowest BCUT2D eigenvalue weighted by molar-refractivity contribution is -0.121. The van der Waals surface area contributed by atoms with Crippen molar-refractivity contribution in [2.45, 2.75) is 13.5 Å². The molecule has 8 nitrogen and oxygen atoms in total. The standard InChI is InChI=1S/C32H32N4O4/c1-24-12-11-15-26(20-24)34-32(39)33-21-30(37)36(22-31(38)35(2)27-16-7-4-8-17-27)28-18-9-10-19-29(28)40-23-25-13-5-3-6-14-25/h3-20H,21-23H2,1-2H3,(H2,33,34,39). The molecular weight excluding hydrogens is 504 g/mol. The Balaban J connectivity index is 1.53. The SMILES string of the molecule is Cc1cccc(NC(=O)NCC(=O)N(CC(=O)N(C)c2ccccc2)c2ccccc2OCc2ccccc2)c1. The number of likely N-dealkylation sites (N-methyl/N-ethyl adjacent to an activating group) is 1. The highest BCUT2D eigenvalue weighted by molar-refractivity contribution is 6.05. The van der Waals surface area contributed by atoms with Crippen LogP contribution in [0.4, 0.5) is 21.9 Å². The van der Waals surface area contributed by atoms with Crippen molar-refractivity contribution in [2.75, 3.05) is 35.3 Å². The maximum atomic E-state index is 13.5. The van der Waals surface area contributed by atoms with E-state index in [2.05, 4.69) is 10.6 Å². The molecule has 0 saturated heterocycles. The smallest absolute Gasteiger partial charge is 0.319 e. The zero-order valence-electron chi connectivity index (χ0n) is 22.5. The van der Waals surface area contributed by atoms with E-state index in [4.69, 9.17) is 4.74 Å². The van der Waals surface area contributed by atoms with Gasteiger partial charge >= 0.3 is 6.03 Å². The van der Waals surface area contributed by atoms with Crippen LogP contribution in [0.3, 0.4) is 0 Å². The summed E-state index contributed by atoms with van der Waals surface area (Å²) in [5, 5.41) is 5.33. The van der Waals surface area contributed by atoms with Crippen LogP contribution in [0.15, 0.2) is 109 Å². The fourth-order valence-electron chi connectivity index (χ4n) is 4.03. The third-order valence-corrected chi connectivity index (χ3v) is 6.18. The van der Waals surface area contributed by atoms with Crippen molar-refractivity contribution >= 4 is 34.9 Å². The highest BCUT2D eigenvalue weighted by atomic mass is 16.5. The highest BCUT2D eigenvalue weighted by Gasteiger charge is 2.25. The summed E-state index contributed by atoms with van der Waals surface area (Å²) in [5.74, 6) is -0.328. The number of carbonyl (C=O) groups is 3. The Labute approximate surface area is 234 Å². The number of ether oxygens (including phenoxy) is 1. The van der Waals surface area contributed by atoms with Gasteiger partial charge in [-0.2, -0.15) is 0 Å². The second-order valence-corrected chi connectivity index (χ2v) is 9.19. The first-order valence-corrected chi connectivity index (χ1v) is 12.9. The highest BCUT2D eigenvalue weighted by Crippen LogP contribution is 2.29. The van der Waals surface area contributed by atoms with E-state index < -0.39 is 11.9 Å². The normalized spacial score (nSPS) is 10.3. The van der Waals surface area contributed by atoms with Crippen LogP contribution < -0.4 is 25.2 Å². The average molecular weight is 537 g/mol. The molecule has 8 heteroatoms. The number of urea groups is 1. The number of rotatable bonds is 10. The Morgan fingerprint density at radius 3 is 2.17 bits per heavy atom. The van der Waals surface area contributed by atoms with Crippen LogP contribution in [-0.2, 0) is 16.2 Å². The Morgan fingerprint density at radius 1 is 0.775 bits per heavy atom. The number of anilines is 3. The van der Waals surface area contributed by atoms with Crippen molar-refractivity contribution in [3.05, 3.63) is 120 Å². The Hall–Kier alpha value is -5.11. The molecule has 0 atom stereocenters. The summed E-state index contributed by atoms with van der Waals surface area (Å²) in [6, 6.07) is 32.7. The van der Waals surface area contributed by atoms with Crippen molar-refractivity contribution < 1.29 is 19.1 Å². The average Bonchev–Trinajstić information content (AvgIpc) is 2.98. The maximum Gasteiger partial charge on any atom is 0.319 e. The Morgan fingerprint density at radius 2 is 1.45 bits per heavy atom. The first-order chi connectivity index (χ1) is 19.4. The zero-order chi connectivity index (χ0) is 28.3. The minimum absolute atomic E-state index is 0.253. The van der Waals surface area contributed by atoms with Gasteiger partial charge in [-0.25, -0.2) is 4.79 Å². The minimum atomic E-state index is -0.528. The van der Waals surface area contributed by atoms with E-state index in [1.165, 1.54) is 9.80 Å². The number of carbonyl (C=O) groups excluding carboxylic acids is 3. The molecule has 0 bridgehead atoms. The Kier molecular flexibility index (Phi) is 9.50. The quantitative estimate of drug-likeness (QED) is 0.284. The van der Waals surface area contributed by atoms with Crippen LogP contribution in [0, 0.1) is 6.92 Å². The first-order valence-electron chi connectivity index (χ1n) is 12.9. The zero-order valence-corrected chi connectivity index (χ0v) is 22.5. The fourth-order valence-corrected chi connectivity index (χ4v) is 4.03. The van der Waals surface area contributed by atoms with Gasteiger partial charge in [0.25, 0.3) is 0 Å². The van der Waals surface area contributed by atoms with E-state index in [0.29, 0.717) is 22.8 Å². The van der Waals surface area contributed by atoms with Gasteiger partial charge in [0.05, 0.1) is 12.2 Å². The largest absolute Gasteiger partial charge is 0.487 e. The van der Waals surface area contributed by atoms with Gasteiger partial charge in [0.2, 0.25) is 11.8 Å². The van der Waals surface area contributed by atoms with E-state index in [9.17, 15) is 14.4 Å². The van der Waals surface area contributed by atoms with Crippen LogP contribution in [0.5, 0.6) is 5.75 Å². The summed E-state index contributed by atoms with van der Waals surface area (Å²) in [6.07, 6.45) is 0. The van der Waals surface area contributed by atoms with Gasteiger partial charge in [0.15, 0.2) is 0 Å². The lowest BCUT2D eigenvalue weighted by Crippen LogP contribution is -2.46. The molecule has 0 spiro atoms. The maximum absolute atomic E-state index is 13.5. The van der Waals surface area contributed by atoms with Crippen molar-refractivity contribution in [3.8, 4) is 5.75 Å². The van der Waals surface area contributed by atoms with E-state index in [-0.39, 0.29) is 25.6 Å². The van der Waals surface area contributed by atoms with Crippen LogP contribution in [0.25, 0.3) is 0 Å². The van der Waals surface area contributed by atoms with Crippen LogP contribution in [-0.4, -0.2) is 38.0 Å². The summed E-state index contributed by atoms with van der Waals surface area (Å²) < 4.78 is 6.08. The van der Waals surface area contributed by atoms with Crippen molar-refractivity contribution in [3.63, 3.8) is 0 Å². The summed E-state index contributed by atoms with van der Waals surface area (Å²) in [7, 11) is 1.66. The monoisotopic (exact) mass is 536 g/mol. The molecule has 0 fully saturated rings. The number of para-hydroxylation sites is 3. The van der Waals surface area contributed by atoms with Crippen LogP contribution >= 0.6 is 0 Å². The van der Waals surface area contributed by atoms with Gasteiger partial charge in [-0.05, 0) is 54.4 Å². The van der Waals surface area contributed by atoms with Gasteiger partial charge < -0.3 is 20.3 Å². The summed E-state index contributed by atoms with van der Waals surface area (Å²) in [4.78, 5) is 42.2. The van der Waals surface area contributed by atoms with E-state index >= 15 is 0 Å². The molecule has 0 aliphatic heterocycles. The second-order valence-electron chi connectivity index (χ2n) is 9.19. The number of aryl methyl sites for hydroxylation is 1. The molecule has 0 aromatic heterocycles. The second kappa shape index (κ2) is 13.6. The molecule has 0 unspecified atom stereocenters. The van der Waals surface area contributed by atoms with E-state index in [1.807, 2.05) is 85.8 Å². The molecule has 4 aromatic rings. The lowest BCUT2D eigenvalue weighted by Gasteiger charge is -2.27. The number of hydrogen-bond acceptors (Lipinski definition) is 4. The molecule has 2 N–H and O–H groups in total. The molecule has 0 radical (unpaired) electrons. The molecular formula is C32H32N4O4. The predicted molar refractivity (Wildman–Crippen MR) is 158 cm³/mol. The Bertz CT molecular complexity index is 1440. The van der Waals surface area contributed by atoms with Gasteiger partial charge in [-0.3, -0.25) is 14.5 Å². The number of benzene rings is 4. The molecule has 0 heterocycles. The van der Waals surface area contributed by atoms with E-state index in [0.717, 1.165) is 11.1 Å². The minimum Gasteiger partial charge on any atom is -0.487 e. The molecule has 4 aromatic carbocycles. The molecule has 0 saturated carbocycles. The fraction of sp³-hybridized carbons (Fsp3) is 0.156. The lowest BCUT2D eigenvalue weighted by atomic mass is 10.2. The topological polar surface area (TPSA) is 91.0 Å². The molecule has 40 heavy (non-hydrogen) atoms. The molecule has 204 valence electrons. The predicted octanol–water partition coefficient (Wildman–Crippen LogP) is 5.39. The van der Waals surface area contributed by atoms with E-state index in [1.54, 1.807) is 37.4 Å². The molecule has 0 aliphatic carbocycles.